The Morgan fingerprint density at radius 3 is 2.60 bits per heavy atom. The first kappa shape index (κ1) is 15.7. The van der Waals surface area contributed by atoms with E-state index in [4.69, 9.17) is 0 Å². The minimum absolute atomic E-state index is 0.158. The van der Waals surface area contributed by atoms with Gasteiger partial charge in [0.15, 0.2) is 0 Å². The summed E-state index contributed by atoms with van der Waals surface area (Å²) in [5.74, 6) is 1.16. The van der Waals surface area contributed by atoms with Gasteiger partial charge in [-0.2, -0.15) is 4.37 Å². The van der Waals surface area contributed by atoms with Crippen LogP contribution in [0.5, 0.6) is 0 Å². The maximum absolute atomic E-state index is 12.3. The van der Waals surface area contributed by atoms with E-state index in [2.05, 4.69) is 14.3 Å². The van der Waals surface area contributed by atoms with Gasteiger partial charge in [0.05, 0.1) is 5.75 Å². The third-order valence-corrected chi connectivity index (χ3v) is 6.29. The third kappa shape index (κ3) is 3.89. The molecule has 1 aromatic heterocycles. The summed E-state index contributed by atoms with van der Waals surface area (Å²) in [6, 6.07) is 0. The van der Waals surface area contributed by atoms with Crippen molar-refractivity contribution in [2.75, 3.05) is 36.8 Å². The van der Waals surface area contributed by atoms with E-state index in [0.717, 1.165) is 23.9 Å². The van der Waals surface area contributed by atoms with Gasteiger partial charge < -0.3 is 4.90 Å². The Kier molecular flexibility index (Phi) is 4.98. The summed E-state index contributed by atoms with van der Waals surface area (Å²) in [6.45, 7) is 8.40. The van der Waals surface area contributed by atoms with Crippen molar-refractivity contribution in [3.63, 3.8) is 0 Å². The summed E-state index contributed by atoms with van der Waals surface area (Å²) in [4.78, 5) is 6.51. The number of anilines is 1. The summed E-state index contributed by atoms with van der Waals surface area (Å²) in [5, 5.41) is 0.894. The van der Waals surface area contributed by atoms with Gasteiger partial charge in [0, 0.05) is 37.7 Å². The zero-order valence-electron chi connectivity index (χ0n) is 12.2. The number of hydrogen-bond acceptors (Lipinski definition) is 6. The van der Waals surface area contributed by atoms with E-state index in [1.165, 1.54) is 11.5 Å². The van der Waals surface area contributed by atoms with Crippen molar-refractivity contribution in [2.24, 2.45) is 5.92 Å². The second-order valence-corrected chi connectivity index (χ2v) is 8.28. The molecule has 2 heterocycles. The average molecular weight is 318 g/mol. The van der Waals surface area contributed by atoms with Crippen LogP contribution in [0.25, 0.3) is 0 Å². The molecule has 0 N–H and O–H groups in total. The fourth-order valence-corrected chi connectivity index (χ4v) is 4.85. The standard InChI is InChI=1S/C12H22N4O2S2/c1-10(2)9-20(17,18)16-6-4-5-15(7-8-16)12-13-11(3)14-19-12/h10H,4-9H2,1-3H3. The van der Waals surface area contributed by atoms with Crippen molar-refractivity contribution < 1.29 is 8.42 Å². The lowest BCUT2D eigenvalue weighted by Gasteiger charge is -2.22. The van der Waals surface area contributed by atoms with Crippen molar-refractivity contribution in [1.82, 2.24) is 13.7 Å². The molecule has 1 aliphatic rings. The smallest absolute Gasteiger partial charge is 0.214 e. The monoisotopic (exact) mass is 318 g/mol. The normalized spacial score (nSPS) is 18.5. The molecule has 20 heavy (non-hydrogen) atoms. The third-order valence-electron chi connectivity index (χ3n) is 3.18. The van der Waals surface area contributed by atoms with Crippen LogP contribution in [0.15, 0.2) is 0 Å². The summed E-state index contributed by atoms with van der Waals surface area (Å²) in [5.41, 5.74) is 0. The molecule has 0 aromatic carbocycles. The molecule has 0 saturated carbocycles. The molecular weight excluding hydrogens is 296 g/mol. The Morgan fingerprint density at radius 1 is 1.25 bits per heavy atom. The van der Waals surface area contributed by atoms with Gasteiger partial charge in [0.1, 0.15) is 5.82 Å². The molecule has 1 fully saturated rings. The van der Waals surface area contributed by atoms with Gasteiger partial charge in [-0.25, -0.2) is 17.7 Å². The summed E-state index contributed by atoms with van der Waals surface area (Å²) in [6.07, 6.45) is 0.829. The van der Waals surface area contributed by atoms with E-state index >= 15 is 0 Å². The molecule has 8 heteroatoms. The topological polar surface area (TPSA) is 66.4 Å². The number of hydrogen-bond donors (Lipinski definition) is 0. The fraction of sp³-hybridized carbons (Fsp3) is 0.833. The summed E-state index contributed by atoms with van der Waals surface area (Å²) in [7, 11) is -3.13. The van der Waals surface area contributed by atoms with Gasteiger partial charge in [-0.15, -0.1) is 0 Å². The second-order valence-electron chi connectivity index (χ2n) is 5.54. The van der Waals surface area contributed by atoms with E-state index in [9.17, 15) is 8.42 Å². The molecular formula is C12H22N4O2S2. The molecule has 0 bridgehead atoms. The van der Waals surface area contributed by atoms with Crippen LogP contribution in [0.2, 0.25) is 0 Å². The van der Waals surface area contributed by atoms with Gasteiger partial charge in [-0.1, -0.05) is 13.8 Å². The van der Waals surface area contributed by atoms with Gasteiger partial charge in [-0.3, -0.25) is 0 Å². The largest absolute Gasteiger partial charge is 0.345 e. The van der Waals surface area contributed by atoms with Gasteiger partial charge >= 0.3 is 0 Å². The minimum Gasteiger partial charge on any atom is -0.345 e. The molecule has 6 nitrogen and oxygen atoms in total. The highest BCUT2D eigenvalue weighted by molar-refractivity contribution is 7.89. The quantitative estimate of drug-likeness (QED) is 0.838. The lowest BCUT2D eigenvalue weighted by Crippen LogP contribution is -2.37. The van der Waals surface area contributed by atoms with Crippen molar-refractivity contribution in [3.8, 4) is 0 Å². The van der Waals surface area contributed by atoms with Crippen molar-refractivity contribution in [1.29, 1.82) is 0 Å². The Labute approximate surface area is 125 Å². The molecule has 1 aliphatic heterocycles. The van der Waals surface area contributed by atoms with E-state index in [-0.39, 0.29) is 11.7 Å². The molecule has 0 spiro atoms. The first-order chi connectivity index (χ1) is 9.38. The molecule has 0 aliphatic carbocycles. The molecule has 0 radical (unpaired) electrons. The van der Waals surface area contributed by atoms with Crippen LogP contribution in [-0.4, -0.2) is 54.0 Å². The predicted octanol–water partition coefficient (Wildman–Crippen LogP) is 1.34. The molecule has 0 unspecified atom stereocenters. The highest BCUT2D eigenvalue weighted by Gasteiger charge is 2.26. The molecule has 0 atom stereocenters. The first-order valence-corrected chi connectivity index (χ1v) is 9.30. The van der Waals surface area contributed by atoms with Crippen LogP contribution >= 0.6 is 11.5 Å². The van der Waals surface area contributed by atoms with Crippen LogP contribution in [0.1, 0.15) is 26.1 Å². The van der Waals surface area contributed by atoms with Crippen LogP contribution in [0.4, 0.5) is 5.13 Å². The van der Waals surface area contributed by atoms with E-state index in [0.29, 0.717) is 19.6 Å². The number of sulfonamides is 1. The Balaban J connectivity index is 2.02. The predicted molar refractivity (Wildman–Crippen MR) is 81.7 cm³/mol. The van der Waals surface area contributed by atoms with Crippen molar-refractivity contribution in [3.05, 3.63) is 5.82 Å². The van der Waals surface area contributed by atoms with Crippen LogP contribution in [0, 0.1) is 12.8 Å². The SMILES string of the molecule is Cc1nsc(N2CCCN(S(=O)(=O)CC(C)C)CC2)n1. The Bertz CT molecular complexity index is 541. The second kappa shape index (κ2) is 6.36. The number of rotatable bonds is 4. The lowest BCUT2D eigenvalue weighted by molar-refractivity contribution is 0.428. The Morgan fingerprint density at radius 2 is 2.00 bits per heavy atom. The minimum atomic E-state index is -3.13. The van der Waals surface area contributed by atoms with Gasteiger partial charge in [0.25, 0.3) is 0 Å². The van der Waals surface area contributed by atoms with E-state index in [1.54, 1.807) is 4.31 Å². The zero-order valence-corrected chi connectivity index (χ0v) is 13.9. The van der Waals surface area contributed by atoms with Crippen LogP contribution in [-0.2, 0) is 10.0 Å². The molecule has 114 valence electrons. The van der Waals surface area contributed by atoms with Gasteiger partial charge in [0.2, 0.25) is 15.2 Å². The van der Waals surface area contributed by atoms with E-state index < -0.39 is 10.0 Å². The first-order valence-electron chi connectivity index (χ1n) is 6.91. The highest BCUT2D eigenvalue weighted by atomic mass is 32.2. The number of aryl methyl sites for hydroxylation is 1. The van der Waals surface area contributed by atoms with Crippen molar-refractivity contribution >= 4 is 26.7 Å². The summed E-state index contributed by atoms with van der Waals surface area (Å²) < 4.78 is 30.4. The van der Waals surface area contributed by atoms with E-state index in [1.807, 2.05) is 20.8 Å². The van der Waals surface area contributed by atoms with Crippen LogP contribution < -0.4 is 4.90 Å². The zero-order chi connectivity index (χ0) is 14.8. The maximum Gasteiger partial charge on any atom is 0.214 e. The lowest BCUT2D eigenvalue weighted by atomic mass is 10.3. The fourth-order valence-electron chi connectivity index (χ4n) is 2.30. The van der Waals surface area contributed by atoms with Crippen LogP contribution in [0.3, 0.4) is 0 Å². The highest BCUT2D eigenvalue weighted by Crippen LogP contribution is 2.20. The van der Waals surface area contributed by atoms with Gasteiger partial charge in [-0.05, 0) is 19.3 Å². The molecule has 0 amide bonds. The average Bonchev–Trinajstić information content (AvgIpc) is 2.63. The number of aromatic nitrogens is 2. The maximum atomic E-state index is 12.3. The summed E-state index contributed by atoms with van der Waals surface area (Å²) >= 11 is 1.38. The number of nitrogens with zero attached hydrogens (tertiary/aromatic N) is 4. The molecule has 2 rings (SSSR count). The molecule has 1 aromatic rings. The molecule has 1 saturated heterocycles. The van der Waals surface area contributed by atoms with Crippen molar-refractivity contribution in [2.45, 2.75) is 27.2 Å². The Hall–Kier alpha value is -0.730.